The molecule has 0 aromatic heterocycles. The molecule has 0 spiro atoms. The lowest BCUT2D eigenvalue weighted by Crippen LogP contribution is -2.54. The number of amides is 1. The summed E-state index contributed by atoms with van der Waals surface area (Å²) in [6, 6.07) is 2.35. The smallest absolute Gasteiger partial charge is 0.410 e. The molecule has 0 aromatic carbocycles. The Labute approximate surface area is 108 Å². The van der Waals surface area contributed by atoms with Crippen LogP contribution in [0.2, 0.25) is 0 Å². The minimum Gasteiger partial charge on any atom is -0.444 e. The summed E-state index contributed by atoms with van der Waals surface area (Å²) < 4.78 is 10.8. The molecule has 1 amide bonds. The van der Waals surface area contributed by atoms with Crippen molar-refractivity contribution in [2.45, 2.75) is 26.4 Å². The largest absolute Gasteiger partial charge is 0.444 e. The van der Waals surface area contributed by atoms with Gasteiger partial charge in [-0.3, -0.25) is 0 Å². The second-order valence-electron chi connectivity index (χ2n) is 6.10. The lowest BCUT2D eigenvalue weighted by Gasteiger charge is -2.44. The highest BCUT2D eigenvalue weighted by atomic mass is 16.6. The first kappa shape index (κ1) is 13.2. The number of hydrogen-bond donors (Lipinski definition) is 0. The van der Waals surface area contributed by atoms with E-state index < -0.39 is 5.60 Å². The standard InChI is InChI=1S/C13H20N2O3/c1-13(2,3)18-12(16)15-5-9-7-17-8-10(6-15)11(9)4-14/h9-11H,5-8H2,1-3H3. The number of nitriles is 1. The predicted octanol–water partition coefficient (Wildman–Crippen LogP) is 1.64. The first-order valence-electron chi connectivity index (χ1n) is 6.36. The third-order valence-electron chi connectivity index (χ3n) is 3.39. The summed E-state index contributed by atoms with van der Waals surface area (Å²) in [7, 11) is 0. The first-order valence-corrected chi connectivity index (χ1v) is 6.36. The minimum absolute atomic E-state index is 0.0115. The van der Waals surface area contributed by atoms with Crippen molar-refractivity contribution in [1.29, 1.82) is 5.26 Å². The molecule has 2 bridgehead atoms. The Kier molecular flexibility index (Phi) is 3.49. The molecule has 2 fully saturated rings. The van der Waals surface area contributed by atoms with E-state index in [1.54, 1.807) is 4.90 Å². The van der Waals surface area contributed by atoms with E-state index >= 15 is 0 Å². The fourth-order valence-electron chi connectivity index (χ4n) is 2.62. The maximum atomic E-state index is 12.0. The molecule has 100 valence electrons. The van der Waals surface area contributed by atoms with Crippen LogP contribution in [-0.4, -0.2) is 42.9 Å². The lowest BCUT2D eigenvalue weighted by molar-refractivity contribution is -0.0691. The number of rotatable bonds is 0. The Morgan fingerprint density at radius 1 is 1.33 bits per heavy atom. The van der Waals surface area contributed by atoms with Gasteiger partial charge in [0, 0.05) is 24.9 Å². The van der Waals surface area contributed by atoms with Crippen LogP contribution in [0.4, 0.5) is 4.79 Å². The summed E-state index contributed by atoms with van der Waals surface area (Å²) in [5, 5.41) is 9.17. The molecule has 18 heavy (non-hydrogen) atoms. The van der Waals surface area contributed by atoms with Crippen molar-refractivity contribution >= 4 is 6.09 Å². The van der Waals surface area contributed by atoms with Gasteiger partial charge in [-0.15, -0.1) is 0 Å². The maximum absolute atomic E-state index is 12.0. The molecule has 2 heterocycles. The van der Waals surface area contributed by atoms with Crippen LogP contribution in [0.25, 0.3) is 0 Å². The molecule has 2 atom stereocenters. The Balaban J connectivity index is 2.02. The van der Waals surface area contributed by atoms with E-state index in [4.69, 9.17) is 14.7 Å². The number of likely N-dealkylation sites (tertiary alicyclic amines) is 1. The van der Waals surface area contributed by atoms with E-state index in [-0.39, 0.29) is 23.8 Å². The van der Waals surface area contributed by atoms with Crippen LogP contribution >= 0.6 is 0 Å². The predicted molar refractivity (Wildman–Crippen MR) is 64.7 cm³/mol. The Hall–Kier alpha value is -1.28. The van der Waals surface area contributed by atoms with Gasteiger partial charge in [-0.25, -0.2) is 4.79 Å². The summed E-state index contributed by atoms with van der Waals surface area (Å²) in [5.41, 5.74) is -0.477. The second kappa shape index (κ2) is 4.77. The Morgan fingerprint density at radius 3 is 2.33 bits per heavy atom. The van der Waals surface area contributed by atoms with Gasteiger partial charge in [0.25, 0.3) is 0 Å². The lowest BCUT2D eigenvalue weighted by atomic mass is 9.77. The van der Waals surface area contributed by atoms with Crippen molar-refractivity contribution in [2.24, 2.45) is 17.8 Å². The van der Waals surface area contributed by atoms with Crippen LogP contribution in [0.5, 0.6) is 0 Å². The third kappa shape index (κ3) is 2.75. The zero-order valence-corrected chi connectivity index (χ0v) is 11.2. The highest BCUT2D eigenvalue weighted by Gasteiger charge is 2.42. The molecular weight excluding hydrogens is 232 g/mol. The minimum atomic E-state index is -0.477. The van der Waals surface area contributed by atoms with Gasteiger partial charge in [-0.05, 0) is 20.8 Å². The molecular formula is C13H20N2O3. The summed E-state index contributed by atoms with van der Waals surface area (Å²) in [5.74, 6) is 0.252. The molecule has 0 aromatic rings. The molecule has 2 aliphatic heterocycles. The zero-order valence-electron chi connectivity index (χ0n) is 11.2. The van der Waals surface area contributed by atoms with E-state index in [9.17, 15) is 4.79 Å². The maximum Gasteiger partial charge on any atom is 0.410 e. The summed E-state index contributed by atoms with van der Waals surface area (Å²) >= 11 is 0. The topological polar surface area (TPSA) is 62.6 Å². The van der Waals surface area contributed by atoms with Crippen molar-refractivity contribution in [3.05, 3.63) is 0 Å². The fraction of sp³-hybridized carbons (Fsp3) is 0.846. The normalized spacial score (nSPS) is 31.7. The monoisotopic (exact) mass is 252 g/mol. The van der Waals surface area contributed by atoms with E-state index in [2.05, 4.69) is 6.07 Å². The molecule has 0 N–H and O–H groups in total. The number of piperidine rings is 1. The number of ether oxygens (including phenoxy) is 2. The second-order valence-corrected chi connectivity index (χ2v) is 6.10. The zero-order chi connectivity index (χ0) is 13.3. The molecule has 5 nitrogen and oxygen atoms in total. The van der Waals surface area contributed by atoms with Crippen molar-refractivity contribution < 1.29 is 14.3 Å². The first-order chi connectivity index (χ1) is 8.40. The van der Waals surface area contributed by atoms with Crippen molar-refractivity contribution in [2.75, 3.05) is 26.3 Å². The molecule has 0 aliphatic carbocycles. The van der Waals surface area contributed by atoms with Crippen LogP contribution in [-0.2, 0) is 9.47 Å². The molecule has 2 aliphatic rings. The van der Waals surface area contributed by atoms with Crippen LogP contribution < -0.4 is 0 Å². The van der Waals surface area contributed by atoms with Crippen molar-refractivity contribution in [3.63, 3.8) is 0 Å². The summed E-state index contributed by atoms with van der Waals surface area (Å²) in [6.45, 7) is 7.82. The van der Waals surface area contributed by atoms with Gasteiger partial charge in [0.05, 0.1) is 25.2 Å². The average Bonchev–Trinajstić information content (AvgIpc) is 2.24. The molecule has 0 radical (unpaired) electrons. The summed E-state index contributed by atoms with van der Waals surface area (Å²) in [6.07, 6.45) is -0.282. The number of fused-ring (bicyclic) bond motifs is 2. The van der Waals surface area contributed by atoms with Gasteiger partial charge in [-0.2, -0.15) is 5.26 Å². The van der Waals surface area contributed by atoms with Crippen LogP contribution in [0.15, 0.2) is 0 Å². The highest BCUT2D eigenvalue weighted by Crippen LogP contribution is 2.33. The SMILES string of the molecule is CC(C)(C)OC(=O)N1CC2COCC(C1)C2C#N. The summed E-state index contributed by atoms with van der Waals surface area (Å²) in [4.78, 5) is 13.7. The molecule has 2 saturated heterocycles. The van der Waals surface area contributed by atoms with E-state index in [0.717, 1.165) is 0 Å². The van der Waals surface area contributed by atoms with Gasteiger partial charge >= 0.3 is 6.09 Å². The quantitative estimate of drug-likeness (QED) is 0.657. The number of hydrogen-bond acceptors (Lipinski definition) is 4. The number of nitrogens with zero attached hydrogens (tertiary/aromatic N) is 2. The molecule has 0 saturated carbocycles. The molecule has 2 unspecified atom stereocenters. The van der Waals surface area contributed by atoms with Crippen LogP contribution in [0.3, 0.4) is 0 Å². The van der Waals surface area contributed by atoms with Gasteiger partial charge < -0.3 is 14.4 Å². The van der Waals surface area contributed by atoms with Gasteiger partial charge in [-0.1, -0.05) is 0 Å². The van der Waals surface area contributed by atoms with Gasteiger partial charge in [0.15, 0.2) is 0 Å². The van der Waals surface area contributed by atoms with E-state index in [1.807, 2.05) is 20.8 Å². The van der Waals surface area contributed by atoms with E-state index in [0.29, 0.717) is 26.3 Å². The molecule has 2 rings (SSSR count). The third-order valence-corrected chi connectivity index (χ3v) is 3.39. The molecule has 5 heteroatoms. The average molecular weight is 252 g/mol. The van der Waals surface area contributed by atoms with Crippen LogP contribution in [0.1, 0.15) is 20.8 Å². The fourth-order valence-corrected chi connectivity index (χ4v) is 2.62. The number of carbonyl (C=O) groups is 1. The van der Waals surface area contributed by atoms with Crippen molar-refractivity contribution in [3.8, 4) is 6.07 Å². The van der Waals surface area contributed by atoms with E-state index in [1.165, 1.54) is 0 Å². The number of carbonyl (C=O) groups excluding carboxylic acids is 1. The van der Waals surface area contributed by atoms with Crippen molar-refractivity contribution in [1.82, 2.24) is 4.90 Å². The van der Waals surface area contributed by atoms with Gasteiger partial charge in [0.2, 0.25) is 0 Å². The highest BCUT2D eigenvalue weighted by molar-refractivity contribution is 5.68. The van der Waals surface area contributed by atoms with Gasteiger partial charge in [0.1, 0.15) is 5.60 Å². The Morgan fingerprint density at radius 2 is 1.89 bits per heavy atom. The Bertz CT molecular complexity index is 355. The van der Waals surface area contributed by atoms with Crippen LogP contribution in [0, 0.1) is 29.1 Å².